The smallest absolute Gasteiger partial charge is 0.263 e. The molecule has 0 bridgehead atoms. The maximum atomic E-state index is 12.4. The van der Waals surface area contributed by atoms with Gasteiger partial charge in [0, 0.05) is 6.54 Å². The van der Waals surface area contributed by atoms with E-state index in [1.165, 1.54) is 11.3 Å². The number of benzene rings is 1. The monoisotopic (exact) mass is 385 g/mol. The van der Waals surface area contributed by atoms with Crippen molar-refractivity contribution in [1.29, 1.82) is 0 Å². The van der Waals surface area contributed by atoms with Gasteiger partial charge in [-0.1, -0.05) is 18.6 Å². The summed E-state index contributed by atoms with van der Waals surface area (Å²) < 4.78 is 6.95. The van der Waals surface area contributed by atoms with E-state index >= 15 is 0 Å². The minimum atomic E-state index is -0.0788. The van der Waals surface area contributed by atoms with E-state index in [4.69, 9.17) is 4.74 Å². The first-order chi connectivity index (χ1) is 13.0. The van der Waals surface area contributed by atoms with Crippen LogP contribution in [0.2, 0.25) is 0 Å². The topological polar surface area (TPSA) is 81.9 Å². The van der Waals surface area contributed by atoms with Gasteiger partial charge in [-0.15, -0.1) is 16.4 Å². The number of ether oxygens (including phenoxy) is 1. The molecule has 2 heterocycles. The lowest BCUT2D eigenvalue weighted by atomic mass is 10.3. The zero-order valence-electron chi connectivity index (χ0n) is 15.9. The molecule has 0 radical (unpaired) electrons. The zero-order valence-corrected chi connectivity index (χ0v) is 16.8. The Labute approximate surface area is 162 Å². The van der Waals surface area contributed by atoms with Gasteiger partial charge in [-0.3, -0.25) is 4.79 Å². The van der Waals surface area contributed by atoms with Crippen LogP contribution in [-0.2, 0) is 0 Å². The summed E-state index contributed by atoms with van der Waals surface area (Å²) >= 11 is 1.35. The van der Waals surface area contributed by atoms with Gasteiger partial charge in [0.2, 0.25) is 0 Å². The Morgan fingerprint density at radius 1 is 1.26 bits per heavy atom. The molecule has 0 saturated carbocycles. The number of unbranched alkanes of at least 4 members (excludes halogenated alkanes) is 1. The normalized spacial score (nSPS) is 10.8. The molecule has 7 nitrogen and oxygen atoms in total. The van der Waals surface area contributed by atoms with E-state index in [1.807, 2.05) is 38.1 Å². The molecule has 142 valence electrons. The molecule has 3 aromatic rings. The van der Waals surface area contributed by atoms with Crippen molar-refractivity contribution in [3.8, 4) is 22.1 Å². The number of rotatable bonds is 7. The molecule has 0 spiro atoms. The van der Waals surface area contributed by atoms with Gasteiger partial charge >= 0.3 is 0 Å². The number of hydrogen-bond donors (Lipinski definition) is 1. The molecule has 0 aliphatic rings. The Kier molecular flexibility index (Phi) is 5.85. The van der Waals surface area contributed by atoms with Gasteiger partial charge in [0.05, 0.1) is 24.2 Å². The highest BCUT2D eigenvalue weighted by atomic mass is 32.1. The predicted molar refractivity (Wildman–Crippen MR) is 106 cm³/mol. The fourth-order valence-electron chi connectivity index (χ4n) is 2.66. The minimum absolute atomic E-state index is 0.0788. The van der Waals surface area contributed by atoms with Crippen LogP contribution in [0.3, 0.4) is 0 Å². The van der Waals surface area contributed by atoms with E-state index in [2.05, 4.69) is 27.5 Å². The van der Waals surface area contributed by atoms with Crippen molar-refractivity contribution in [2.24, 2.45) is 0 Å². The Morgan fingerprint density at radius 2 is 2.00 bits per heavy atom. The number of hydrogen-bond acceptors (Lipinski definition) is 6. The van der Waals surface area contributed by atoms with E-state index in [-0.39, 0.29) is 5.91 Å². The molecular formula is C19H23N5O2S. The molecule has 8 heteroatoms. The largest absolute Gasteiger partial charge is 0.497 e. The average Bonchev–Trinajstić information content (AvgIpc) is 3.24. The Hall–Kier alpha value is -2.74. The Morgan fingerprint density at radius 3 is 2.67 bits per heavy atom. The molecule has 0 unspecified atom stereocenters. The van der Waals surface area contributed by atoms with Crippen molar-refractivity contribution in [2.75, 3.05) is 13.7 Å². The van der Waals surface area contributed by atoms with Crippen LogP contribution >= 0.6 is 11.3 Å². The summed E-state index contributed by atoms with van der Waals surface area (Å²) in [5.74, 6) is 0.705. The minimum Gasteiger partial charge on any atom is -0.497 e. The summed E-state index contributed by atoms with van der Waals surface area (Å²) in [6.07, 6.45) is 2.01. The van der Waals surface area contributed by atoms with E-state index < -0.39 is 0 Å². The Balaban J connectivity index is 1.86. The molecule has 0 aliphatic heterocycles. The van der Waals surface area contributed by atoms with E-state index in [0.717, 1.165) is 30.0 Å². The van der Waals surface area contributed by atoms with Crippen molar-refractivity contribution in [3.63, 3.8) is 0 Å². The molecule has 3 rings (SSSR count). The van der Waals surface area contributed by atoms with Crippen LogP contribution in [-0.4, -0.2) is 39.5 Å². The number of aryl methyl sites for hydroxylation is 1. The lowest BCUT2D eigenvalue weighted by Gasteiger charge is -2.04. The highest BCUT2D eigenvalue weighted by Crippen LogP contribution is 2.29. The zero-order chi connectivity index (χ0) is 19.4. The third kappa shape index (κ3) is 4.00. The quantitative estimate of drug-likeness (QED) is 0.629. The van der Waals surface area contributed by atoms with Gasteiger partial charge < -0.3 is 10.1 Å². The van der Waals surface area contributed by atoms with Gasteiger partial charge in [-0.2, -0.15) is 0 Å². The van der Waals surface area contributed by atoms with Crippen molar-refractivity contribution in [1.82, 2.24) is 25.3 Å². The molecule has 27 heavy (non-hydrogen) atoms. The van der Waals surface area contributed by atoms with Crippen LogP contribution in [0.25, 0.3) is 16.4 Å². The fraction of sp³-hybridized carbons (Fsp3) is 0.368. The standard InChI is InChI=1S/C19H23N5O2S/c1-5-6-11-20-18(25)17-12(2)21-19(27-17)16-13(3)24(23-22-16)14-7-9-15(26-4)10-8-14/h7-10H,5-6,11H2,1-4H3,(H,20,25). The third-order valence-corrected chi connectivity index (χ3v) is 5.40. The molecule has 0 atom stereocenters. The van der Waals surface area contributed by atoms with Gasteiger partial charge in [0.25, 0.3) is 5.91 Å². The molecule has 1 amide bonds. The van der Waals surface area contributed by atoms with Crippen molar-refractivity contribution in [3.05, 3.63) is 40.5 Å². The fourth-order valence-corrected chi connectivity index (χ4v) is 3.68. The summed E-state index contributed by atoms with van der Waals surface area (Å²) in [5, 5.41) is 12.2. The molecule has 0 saturated heterocycles. The molecule has 0 fully saturated rings. The van der Waals surface area contributed by atoms with Gasteiger partial charge in [0.15, 0.2) is 0 Å². The second-order valence-corrected chi connectivity index (χ2v) is 7.18. The Bertz CT molecular complexity index is 930. The number of nitrogens with zero attached hydrogens (tertiary/aromatic N) is 4. The first-order valence-corrected chi connectivity index (χ1v) is 9.69. The van der Waals surface area contributed by atoms with E-state index in [0.29, 0.717) is 27.8 Å². The average molecular weight is 385 g/mol. The highest BCUT2D eigenvalue weighted by molar-refractivity contribution is 7.17. The van der Waals surface area contributed by atoms with E-state index in [9.17, 15) is 4.79 Å². The number of thiazole rings is 1. The van der Waals surface area contributed by atoms with Crippen molar-refractivity contribution >= 4 is 17.2 Å². The lowest BCUT2D eigenvalue weighted by molar-refractivity contribution is 0.0956. The van der Waals surface area contributed by atoms with Crippen LogP contribution in [0.15, 0.2) is 24.3 Å². The summed E-state index contributed by atoms with van der Waals surface area (Å²) in [7, 11) is 1.63. The summed E-state index contributed by atoms with van der Waals surface area (Å²) in [4.78, 5) is 17.5. The number of amides is 1. The molecule has 1 N–H and O–H groups in total. The maximum Gasteiger partial charge on any atom is 0.263 e. The van der Waals surface area contributed by atoms with Gasteiger partial charge in [-0.05, 0) is 44.5 Å². The first-order valence-electron chi connectivity index (χ1n) is 8.87. The van der Waals surface area contributed by atoms with Crippen molar-refractivity contribution in [2.45, 2.75) is 33.6 Å². The molecule has 2 aromatic heterocycles. The molecule has 1 aromatic carbocycles. The third-order valence-electron chi connectivity index (χ3n) is 4.23. The van der Waals surface area contributed by atoms with E-state index in [1.54, 1.807) is 11.8 Å². The predicted octanol–water partition coefficient (Wildman–Crippen LogP) is 3.55. The van der Waals surface area contributed by atoms with Gasteiger partial charge in [-0.25, -0.2) is 9.67 Å². The number of carbonyl (C=O) groups is 1. The lowest BCUT2D eigenvalue weighted by Crippen LogP contribution is -2.24. The number of carbonyl (C=O) groups excluding carboxylic acids is 1. The van der Waals surface area contributed by atoms with Crippen LogP contribution in [0, 0.1) is 13.8 Å². The van der Waals surface area contributed by atoms with Crippen LogP contribution < -0.4 is 10.1 Å². The second kappa shape index (κ2) is 8.30. The SMILES string of the molecule is CCCCNC(=O)c1sc(-c2nnn(-c3ccc(OC)cc3)c2C)nc1C. The number of nitrogens with one attached hydrogen (secondary N) is 1. The van der Waals surface area contributed by atoms with Gasteiger partial charge in [0.1, 0.15) is 21.3 Å². The highest BCUT2D eigenvalue weighted by Gasteiger charge is 2.20. The van der Waals surface area contributed by atoms with Crippen molar-refractivity contribution < 1.29 is 9.53 Å². The van der Waals surface area contributed by atoms with Crippen LogP contribution in [0.1, 0.15) is 40.8 Å². The van der Waals surface area contributed by atoms with Crippen LogP contribution in [0.4, 0.5) is 0 Å². The summed E-state index contributed by atoms with van der Waals surface area (Å²) in [5.41, 5.74) is 3.15. The van der Waals surface area contributed by atoms with Crippen LogP contribution in [0.5, 0.6) is 5.75 Å². The molecule has 0 aliphatic carbocycles. The number of methoxy groups -OCH3 is 1. The second-order valence-electron chi connectivity index (χ2n) is 6.18. The number of aromatic nitrogens is 4. The summed E-state index contributed by atoms with van der Waals surface area (Å²) in [6.45, 7) is 6.56. The first kappa shape index (κ1) is 19.0. The summed E-state index contributed by atoms with van der Waals surface area (Å²) in [6, 6.07) is 7.60. The molecular weight excluding hydrogens is 362 g/mol. The maximum absolute atomic E-state index is 12.4.